The van der Waals surface area contributed by atoms with E-state index < -0.39 is 97.5 Å². The van der Waals surface area contributed by atoms with Crippen molar-refractivity contribution in [2.45, 2.75) is 465 Å². The predicted octanol–water partition coefficient (Wildman–Crippen LogP) is 25.7. The van der Waals surface area contributed by atoms with Gasteiger partial charge in [0.05, 0.1) is 26.4 Å². The van der Waals surface area contributed by atoms with Crippen molar-refractivity contribution < 1.29 is 80.2 Å². The van der Waals surface area contributed by atoms with Crippen LogP contribution in [0.5, 0.6) is 0 Å². The Labute approximate surface area is 638 Å². The van der Waals surface area contributed by atoms with Gasteiger partial charge < -0.3 is 33.8 Å². The Morgan fingerprint density at radius 2 is 0.490 bits per heavy atom. The number of carbonyl (C=O) groups is 4. The number of rotatable bonds is 83. The Morgan fingerprint density at radius 3 is 0.731 bits per heavy atom. The first kappa shape index (κ1) is 102. The molecule has 0 aromatic carbocycles. The molecule has 0 saturated carbocycles. The Hall–Kier alpha value is -1.94. The SMILES string of the molecule is CCCCCCCCCCCCCCCCCCCCCCCCC(=O)O[C@H](COC(=O)CCCCCCCCCCCCCCCCC(C)CC)COP(=O)(O)OC[C@@H](O)COP(=O)(O)OC[C@@H](COC(=O)CCCCCCCCC(C)C)OC(=O)CCCCCCCCCCCCCCC(C)C. The first-order valence-electron chi connectivity index (χ1n) is 43.9. The van der Waals surface area contributed by atoms with E-state index in [1.54, 1.807) is 0 Å². The van der Waals surface area contributed by atoms with Gasteiger partial charge in [-0.25, -0.2) is 9.13 Å². The van der Waals surface area contributed by atoms with Gasteiger partial charge >= 0.3 is 39.5 Å². The van der Waals surface area contributed by atoms with E-state index in [0.717, 1.165) is 108 Å². The standard InChI is InChI=1S/C85H166O17P2/c1-8-10-11-12-13-14-15-16-17-18-19-20-21-22-23-24-29-35-40-45-54-61-68-84(89)101-80(72-95-82(87)66-59-52-44-39-34-28-26-25-27-33-38-43-51-58-65-78(7)9-2)74-99-103(91,92)97-70-79(86)71-98-104(93,94)100-75-81(73-96-83(88)67-60-53-48-47-50-57-64-77(5)6)102-85(90)69-62-55-46-41-36-31-30-32-37-42-49-56-63-76(3)4/h76-81,86H,8-75H2,1-7H3,(H,91,92)(H,93,94)/t78?,79-,80-,81-/m1/s1. The maximum absolute atomic E-state index is 13.1. The number of aliphatic hydroxyl groups excluding tert-OH is 1. The quantitative estimate of drug-likeness (QED) is 0.0222. The fourth-order valence-corrected chi connectivity index (χ4v) is 14.7. The molecule has 0 bridgehead atoms. The molecule has 0 aromatic rings. The van der Waals surface area contributed by atoms with Crippen LogP contribution in [-0.4, -0.2) is 96.7 Å². The van der Waals surface area contributed by atoms with Crippen LogP contribution in [0.1, 0.15) is 447 Å². The van der Waals surface area contributed by atoms with Crippen molar-refractivity contribution in [2.24, 2.45) is 17.8 Å². The molecule has 3 N–H and O–H groups in total. The van der Waals surface area contributed by atoms with E-state index in [2.05, 4.69) is 48.5 Å². The molecular weight excluding hydrogens is 1350 g/mol. The summed E-state index contributed by atoms with van der Waals surface area (Å²) in [6.45, 7) is 11.9. The van der Waals surface area contributed by atoms with Crippen molar-refractivity contribution in [3.05, 3.63) is 0 Å². The molecule has 104 heavy (non-hydrogen) atoms. The van der Waals surface area contributed by atoms with E-state index >= 15 is 0 Å². The number of hydrogen-bond acceptors (Lipinski definition) is 15. The van der Waals surface area contributed by atoms with E-state index in [9.17, 15) is 43.2 Å². The second-order valence-corrected chi connectivity index (χ2v) is 34.7. The molecular formula is C85H166O17P2. The predicted molar refractivity (Wildman–Crippen MR) is 428 cm³/mol. The van der Waals surface area contributed by atoms with Crippen molar-refractivity contribution >= 4 is 39.5 Å². The summed E-state index contributed by atoms with van der Waals surface area (Å²) in [4.78, 5) is 73.1. The van der Waals surface area contributed by atoms with Crippen molar-refractivity contribution in [3.63, 3.8) is 0 Å². The fourth-order valence-electron chi connectivity index (χ4n) is 13.2. The van der Waals surface area contributed by atoms with Gasteiger partial charge in [0.1, 0.15) is 19.3 Å². The molecule has 17 nitrogen and oxygen atoms in total. The van der Waals surface area contributed by atoms with Gasteiger partial charge in [0.15, 0.2) is 12.2 Å². The maximum Gasteiger partial charge on any atom is 0.472 e. The molecule has 0 heterocycles. The highest BCUT2D eigenvalue weighted by Crippen LogP contribution is 2.45. The summed E-state index contributed by atoms with van der Waals surface area (Å²) in [6, 6.07) is 0. The molecule has 3 unspecified atom stereocenters. The number of unbranched alkanes of at least 4 members (excludes halogenated alkanes) is 50. The van der Waals surface area contributed by atoms with Crippen LogP contribution >= 0.6 is 15.6 Å². The van der Waals surface area contributed by atoms with E-state index in [4.69, 9.17) is 37.0 Å². The summed E-state index contributed by atoms with van der Waals surface area (Å²) < 4.78 is 68.8. The number of hydrogen-bond donors (Lipinski definition) is 3. The maximum atomic E-state index is 13.1. The van der Waals surface area contributed by atoms with Crippen LogP contribution in [0.25, 0.3) is 0 Å². The number of phosphoric ester groups is 2. The largest absolute Gasteiger partial charge is 0.472 e. The minimum atomic E-state index is -4.97. The lowest BCUT2D eigenvalue weighted by Crippen LogP contribution is -2.30. The van der Waals surface area contributed by atoms with Crippen molar-refractivity contribution in [1.29, 1.82) is 0 Å². The first-order chi connectivity index (χ1) is 50.3. The van der Waals surface area contributed by atoms with Gasteiger partial charge in [0.25, 0.3) is 0 Å². The Morgan fingerprint density at radius 1 is 0.279 bits per heavy atom. The molecule has 6 atom stereocenters. The molecule has 0 amide bonds. The Bertz CT molecular complexity index is 2010. The molecule has 0 spiro atoms. The molecule has 0 aliphatic rings. The van der Waals surface area contributed by atoms with Gasteiger partial charge in [-0.05, 0) is 43.4 Å². The van der Waals surface area contributed by atoms with Crippen molar-refractivity contribution in [3.8, 4) is 0 Å². The van der Waals surface area contributed by atoms with Crippen LogP contribution in [-0.2, 0) is 65.4 Å². The van der Waals surface area contributed by atoms with Crippen LogP contribution < -0.4 is 0 Å². The summed E-state index contributed by atoms with van der Waals surface area (Å²) in [5.41, 5.74) is 0. The third-order valence-corrected chi connectivity index (χ3v) is 22.1. The molecule has 0 aliphatic heterocycles. The van der Waals surface area contributed by atoms with Gasteiger partial charge in [-0.2, -0.15) is 0 Å². The Balaban J connectivity index is 5.21. The topological polar surface area (TPSA) is 237 Å². The van der Waals surface area contributed by atoms with Gasteiger partial charge in [-0.15, -0.1) is 0 Å². The summed E-state index contributed by atoms with van der Waals surface area (Å²) >= 11 is 0. The van der Waals surface area contributed by atoms with Crippen molar-refractivity contribution in [2.75, 3.05) is 39.6 Å². The van der Waals surface area contributed by atoms with E-state index in [1.165, 1.54) is 250 Å². The third kappa shape index (κ3) is 76.8. The normalized spacial score (nSPS) is 14.2. The smallest absolute Gasteiger partial charge is 0.462 e. The highest BCUT2D eigenvalue weighted by molar-refractivity contribution is 7.47. The van der Waals surface area contributed by atoms with Crippen LogP contribution in [0.15, 0.2) is 0 Å². The lowest BCUT2D eigenvalue weighted by atomic mass is 9.99. The zero-order valence-electron chi connectivity index (χ0n) is 68.5. The summed E-state index contributed by atoms with van der Waals surface area (Å²) in [6.07, 6.45) is 65.5. The second kappa shape index (κ2) is 75.1. The van der Waals surface area contributed by atoms with E-state index in [0.29, 0.717) is 31.6 Å². The minimum absolute atomic E-state index is 0.106. The number of esters is 4. The van der Waals surface area contributed by atoms with Gasteiger partial charge in [0, 0.05) is 25.7 Å². The lowest BCUT2D eigenvalue weighted by molar-refractivity contribution is -0.161. The van der Waals surface area contributed by atoms with E-state index in [1.807, 2.05) is 0 Å². The number of ether oxygens (including phenoxy) is 4. The van der Waals surface area contributed by atoms with Crippen LogP contribution in [0.2, 0.25) is 0 Å². The zero-order chi connectivity index (χ0) is 76.5. The summed E-state index contributed by atoms with van der Waals surface area (Å²) in [5, 5.41) is 10.7. The van der Waals surface area contributed by atoms with Gasteiger partial charge in [-0.1, -0.05) is 395 Å². The summed E-state index contributed by atoms with van der Waals surface area (Å²) in [5.74, 6) is 0.196. The fraction of sp³-hybridized carbons (Fsp3) is 0.953. The van der Waals surface area contributed by atoms with Crippen LogP contribution in [0.3, 0.4) is 0 Å². The van der Waals surface area contributed by atoms with Crippen LogP contribution in [0.4, 0.5) is 0 Å². The van der Waals surface area contributed by atoms with Gasteiger partial charge in [0.2, 0.25) is 0 Å². The zero-order valence-corrected chi connectivity index (χ0v) is 70.3. The molecule has 0 rings (SSSR count). The van der Waals surface area contributed by atoms with Crippen LogP contribution in [0, 0.1) is 17.8 Å². The Kier molecular flexibility index (Phi) is 73.7. The molecule has 0 aromatic heterocycles. The lowest BCUT2D eigenvalue weighted by Gasteiger charge is -2.21. The molecule has 0 aliphatic carbocycles. The highest BCUT2D eigenvalue weighted by Gasteiger charge is 2.30. The van der Waals surface area contributed by atoms with Gasteiger partial charge in [-0.3, -0.25) is 37.3 Å². The molecule has 618 valence electrons. The number of aliphatic hydroxyl groups is 1. The minimum Gasteiger partial charge on any atom is -0.462 e. The highest BCUT2D eigenvalue weighted by atomic mass is 31.2. The average molecular weight is 1520 g/mol. The molecule has 0 fully saturated rings. The summed E-state index contributed by atoms with van der Waals surface area (Å²) in [7, 11) is -9.93. The molecule has 0 radical (unpaired) electrons. The monoisotopic (exact) mass is 1520 g/mol. The molecule has 19 heteroatoms. The number of phosphoric acid groups is 2. The third-order valence-electron chi connectivity index (χ3n) is 20.2. The van der Waals surface area contributed by atoms with Crippen molar-refractivity contribution in [1.82, 2.24) is 0 Å². The number of carbonyl (C=O) groups excluding carboxylic acids is 4. The first-order valence-corrected chi connectivity index (χ1v) is 46.9. The second-order valence-electron chi connectivity index (χ2n) is 31.8. The molecule has 0 saturated heterocycles. The average Bonchev–Trinajstić information content (AvgIpc) is 0.903. The van der Waals surface area contributed by atoms with E-state index in [-0.39, 0.29) is 25.7 Å².